The Bertz CT molecular complexity index is 1330. The topological polar surface area (TPSA) is 103 Å². The second kappa shape index (κ2) is 9.25. The average Bonchev–Trinajstić information content (AvgIpc) is 3.53. The number of carbonyl (C=O) groups is 3. The quantitative estimate of drug-likeness (QED) is 0.314. The molecule has 0 bridgehead atoms. The van der Waals surface area contributed by atoms with Crippen molar-refractivity contribution in [2.45, 2.75) is 20.8 Å². The third kappa shape index (κ3) is 4.63. The Morgan fingerprint density at radius 2 is 1.85 bits per heavy atom. The molecule has 168 valence electrons. The maximum atomic E-state index is 12.8. The number of ketones is 1. The monoisotopic (exact) mass is 463 g/mol. The summed E-state index contributed by atoms with van der Waals surface area (Å²) in [6.45, 7) is 5.00. The summed E-state index contributed by atoms with van der Waals surface area (Å²) in [7, 11) is 0. The Morgan fingerprint density at radius 1 is 1.06 bits per heavy atom. The fraction of sp³-hybridized carbons (Fsp3) is 0.167. The average molecular weight is 464 g/mol. The van der Waals surface area contributed by atoms with E-state index in [9.17, 15) is 14.4 Å². The van der Waals surface area contributed by atoms with Gasteiger partial charge >= 0.3 is 5.97 Å². The van der Waals surface area contributed by atoms with Crippen LogP contribution >= 0.6 is 11.3 Å². The molecule has 0 aliphatic rings. The molecule has 0 saturated carbocycles. The van der Waals surface area contributed by atoms with Crippen LogP contribution in [0.4, 0.5) is 5.69 Å². The summed E-state index contributed by atoms with van der Waals surface area (Å²) in [5.41, 5.74) is 2.38. The molecule has 0 aliphatic heterocycles. The zero-order chi connectivity index (χ0) is 23.5. The molecule has 0 aliphatic carbocycles. The molecule has 1 N–H and O–H groups in total. The number of thiophene rings is 1. The predicted molar refractivity (Wildman–Crippen MR) is 123 cm³/mol. The van der Waals surface area contributed by atoms with Gasteiger partial charge in [0.05, 0.1) is 16.1 Å². The van der Waals surface area contributed by atoms with Gasteiger partial charge in [-0.3, -0.25) is 14.2 Å². The van der Waals surface area contributed by atoms with Gasteiger partial charge in [0.1, 0.15) is 5.76 Å². The molecule has 0 atom stereocenters. The highest BCUT2D eigenvalue weighted by atomic mass is 32.1. The standard InChI is InChI=1S/C24H21N3O5S/c1-14-11-18(16(3)27(14)22-12-15(2)32-26-22)20(28)13-31-24(30)17-7-4-5-8-19(17)25-23(29)21-9-6-10-33-21/h4-12H,13H2,1-3H3,(H,25,29). The number of nitrogens with zero attached hydrogens (tertiary/aromatic N) is 2. The number of hydrogen-bond donors (Lipinski definition) is 1. The van der Waals surface area contributed by atoms with Gasteiger partial charge in [-0.05, 0) is 50.4 Å². The van der Waals surface area contributed by atoms with Crippen LogP contribution in [-0.2, 0) is 4.74 Å². The van der Waals surface area contributed by atoms with Crippen LogP contribution in [0.15, 0.2) is 58.4 Å². The number of carbonyl (C=O) groups excluding carboxylic acids is 3. The van der Waals surface area contributed by atoms with Crippen LogP contribution in [0.5, 0.6) is 0 Å². The maximum absolute atomic E-state index is 12.8. The smallest absolute Gasteiger partial charge is 0.340 e. The highest BCUT2D eigenvalue weighted by Crippen LogP contribution is 2.22. The largest absolute Gasteiger partial charge is 0.454 e. The van der Waals surface area contributed by atoms with E-state index in [4.69, 9.17) is 9.26 Å². The number of aromatic nitrogens is 2. The lowest BCUT2D eigenvalue weighted by atomic mass is 10.1. The van der Waals surface area contributed by atoms with Gasteiger partial charge in [0.15, 0.2) is 12.4 Å². The van der Waals surface area contributed by atoms with Gasteiger partial charge in [0.2, 0.25) is 5.78 Å². The van der Waals surface area contributed by atoms with Crippen molar-refractivity contribution in [1.29, 1.82) is 0 Å². The van der Waals surface area contributed by atoms with E-state index >= 15 is 0 Å². The lowest BCUT2D eigenvalue weighted by Crippen LogP contribution is -2.18. The van der Waals surface area contributed by atoms with Crippen LogP contribution in [0.3, 0.4) is 0 Å². The van der Waals surface area contributed by atoms with E-state index < -0.39 is 12.6 Å². The van der Waals surface area contributed by atoms with Gasteiger partial charge in [-0.15, -0.1) is 11.3 Å². The Hall–Kier alpha value is -3.98. The Labute approximate surface area is 193 Å². The third-order valence-electron chi connectivity index (χ3n) is 5.05. The SMILES string of the molecule is Cc1cc(-n2c(C)cc(C(=O)COC(=O)c3ccccc3NC(=O)c3cccs3)c2C)no1. The number of aryl methyl sites for hydroxylation is 2. The molecule has 0 saturated heterocycles. The first kappa shape index (κ1) is 22.2. The molecular formula is C24H21N3O5S. The zero-order valence-electron chi connectivity index (χ0n) is 18.2. The first-order valence-corrected chi connectivity index (χ1v) is 11.0. The number of ether oxygens (including phenoxy) is 1. The molecule has 3 heterocycles. The third-order valence-corrected chi connectivity index (χ3v) is 5.92. The van der Waals surface area contributed by atoms with Gasteiger partial charge in [0.25, 0.3) is 5.91 Å². The van der Waals surface area contributed by atoms with Gasteiger partial charge in [0, 0.05) is 23.0 Å². The molecule has 1 aromatic carbocycles. The van der Waals surface area contributed by atoms with Crippen molar-refractivity contribution >= 4 is 34.7 Å². The van der Waals surface area contributed by atoms with Crippen molar-refractivity contribution in [2.75, 3.05) is 11.9 Å². The van der Waals surface area contributed by atoms with Crippen molar-refractivity contribution in [2.24, 2.45) is 0 Å². The van der Waals surface area contributed by atoms with Gasteiger partial charge in [-0.1, -0.05) is 23.4 Å². The number of Topliss-reactive ketones (excluding diaryl/α,β-unsaturated/α-hetero) is 1. The maximum Gasteiger partial charge on any atom is 0.340 e. The van der Waals surface area contributed by atoms with Crippen LogP contribution < -0.4 is 5.32 Å². The van der Waals surface area contributed by atoms with Crippen LogP contribution in [0.25, 0.3) is 5.82 Å². The molecule has 0 spiro atoms. The van der Waals surface area contributed by atoms with Crippen molar-refractivity contribution in [1.82, 2.24) is 9.72 Å². The van der Waals surface area contributed by atoms with Crippen LogP contribution in [-0.4, -0.2) is 34.0 Å². The minimum absolute atomic E-state index is 0.166. The minimum atomic E-state index is -0.702. The zero-order valence-corrected chi connectivity index (χ0v) is 19.1. The molecule has 0 radical (unpaired) electrons. The highest BCUT2D eigenvalue weighted by Gasteiger charge is 2.21. The highest BCUT2D eigenvalue weighted by molar-refractivity contribution is 7.12. The van der Waals surface area contributed by atoms with E-state index in [0.717, 1.165) is 5.69 Å². The molecule has 3 aromatic heterocycles. The van der Waals surface area contributed by atoms with E-state index in [1.807, 2.05) is 6.92 Å². The van der Waals surface area contributed by atoms with E-state index in [-0.39, 0.29) is 17.3 Å². The molecule has 0 unspecified atom stereocenters. The van der Waals surface area contributed by atoms with E-state index in [0.29, 0.717) is 33.4 Å². The number of hydrogen-bond acceptors (Lipinski definition) is 7. The number of para-hydroxylation sites is 1. The van der Waals surface area contributed by atoms with Gasteiger partial charge in [-0.2, -0.15) is 0 Å². The van der Waals surface area contributed by atoms with Crippen molar-refractivity contribution < 1.29 is 23.6 Å². The number of amides is 1. The molecule has 8 nitrogen and oxygen atoms in total. The van der Waals surface area contributed by atoms with Gasteiger partial charge < -0.3 is 14.6 Å². The fourth-order valence-corrected chi connectivity index (χ4v) is 4.12. The van der Waals surface area contributed by atoms with Crippen LogP contribution in [0.1, 0.15) is 47.5 Å². The normalized spacial score (nSPS) is 10.8. The molecular weight excluding hydrogens is 442 g/mol. The fourth-order valence-electron chi connectivity index (χ4n) is 3.50. The number of rotatable bonds is 7. The lowest BCUT2D eigenvalue weighted by molar-refractivity contribution is 0.0475. The Kier molecular flexibility index (Phi) is 6.23. The van der Waals surface area contributed by atoms with Crippen molar-refractivity contribution in [3.63, 3.8) is 0 Å². The summed E-state index contributed by atoms with van der Waals surface area (Å²) in [5.74, 6) is -0.135. The van der Waals surface area contributed by atoms with E-state index in [2.05, 4.69) is 10.5 Å². The first-order valence-electron chi connectivity index (χ1n) is 10.1. The molecule has 9 heteroatoms. The minimum Gasteiger partial charge on any atom is -0.454 e. The van der Waals surface area contributed by atoms with E-state index in [1.54, 1.807) is 66.3 Å². The van der Waals surface area contributed by atoms with Crippen LogP contribution in [0, 0.1) is 20.8 Å². The number of nitrogens with one attached hydrogen (secondary N) is 1. The molecule has 4 aromatic rings. The number of esters is 1. The summed E-state index contributed by atoms with van der Waals surface area (Å²) in [6.07, 6.45) is 0. The van der Waals surface area contributed by atoms with Crippen molar-refractivity contribution in [3.8, 4) is 5.82 Å². The lowest BCUT2D eigenvalue weighted by Gasteiger charge is -2.10. The van der Waals surface area contributed by atoms with Crippen LogP contribution in [0.2, 0.25) is 0 Å². The summed E-state index contributed by atoms with van der Waals surface area (Å²) < 4.78 is 12.2. The molecule has 1 amide bonds. The Balaban J connectivity index is 1.47. The first-order chi connectivity index (χ1) is 15.8. The summed E-state index contributed by atoms with van der Waals surface area (Å²) in [5, 5.41) is 8.52. The summed E-state index contributed by atoms with van der Waals surface area (Å²) >= 11 is 1.30. The molecule has 4 rings (SSSR count). The summed E-state index contributed by atoms with van der Waals surface area (Å²) in [4.78, 5) is 38.4. The molecule has 0 fully saturated rings. The van der Waals surface area contributed by atoms with Crippen molar-refractivity contribution in [3.05, 3.63) is 87.1 Å². The predicted octanol–water partition coefficient (Wildman–Crippen LogP) is 4.74. The van der Waals surface area contributed by atoms with E-state index in [1.165, 1.54) is 17.4 Å². The summed E-state index contributed by atoms with van der Waals surface area (Å²) in [6, 6.07) is 13.5. The second-order valence-electron chi connectivity index (χ2n) is 7.39. The number of benzene rings is 1. The number of anilines is 1. The van der Waals surface area contributed by atoms with Gasteiger partial charge in [-0.25, -0.2) is 4.79 Å². The second-order valence-corrected chi connectivity index (χ2v) is 8.34. The Morgan fingerprint density at radius 3 is 2.55 bits per heavy atom. The molecule has 33 heavy (non-hydrogen) atoms.